The number of anilines is 3. The molecule has 3 rings (SSSR count). The second kappa shape index (κ2) is 5.22. The molecule has 0 aliphatic carbocycles. The first kappa shape index (κ1) is 12.5. The number of carbonyl (C=O) groups is 1. The maximum Gasteiger partial charge on any atom is 0.338 e. The van der Waals surface area contributed by atoms with Crippen molar-refractivity contribution in [2.45, 2.75) is 6.92 Å². The van der Waals surface area contributed by atoms with Crippen LogP contribution in [0.25, 0.3) is 0 Å². The van der Waals surface area contributed by atoms with Crippen LogP contribution in [0.3, 0.4) is 0 Å². The summed E-state index contributed by atoms with van der Waals surface area (Å²) in [5, 5.41) is 1.89. The van der Waals surface area contributed by atoms with Crippen molar-refractivity contribution in [2.75, 3.05) is 17.0 Å². The summed E-state index contributed by atoms with van der Waals surface area (Å²) in [6, 6.07) is 15.3. The summed E-state index contributed by atoms with van der Waals surface area (Å²) in [7, 11) is 0. The van der Waals surface area contributed by atoms with E-state index >= 15 is 0 Å². The van der Waals surface area contributed by atoms with Gasteiger partial charge in [-0.3, -0.25) is 5.01 Å². The van der Waals surface area contributed by atoms with Gasteiger partial charge in [-0.2, -0.15) is 0 Å². The predicted molar refractivity (Wildman–Crippen MR) is 77.7 cm³/mol. The predicted octanol–water partition coefficient (Wildman–Crippen LogP) is 2.85. The summed E-state index contributed by atoms with van der Waals surface area (Å²) < 4.78 is 5.03. The first-order valence-corrected chi connectivity index (χ1v) is 6.47. The second-order valence-electron chi connectivity index (χ2n) is 4.36. The van der Waals surface area contributed by atoms with Gasteiger partial charge in [-0.05, 0) is 37.3 Å². The van der Waals surface area contributed by atoms with Crippen LogP contribution in [0.5, 0.6) is 0 Å². The molecule has 1 aliphatic heterocycles. The van der Waals surface area contributed by atoms with Crippen molar-refractivity contribution in [1.82, 2.24) is 5.53 Å². The zero-order valence-electron chi connectivity index (χ0n) is 11.1. The molecule has 0 spiro atoms. The minimum atomic E-state index is -0.310. The fraction of sp³-hybridized carbons (Fsp3) is 0.133. The molecule has 2 N–H and O–H groups in total. The van der Waals surface area contributed by atoms with E-state index < -0.39 is 0 Å². The van der Waals surface area contributed by atoms with Crippen molar-refractivity contribution >= 4 is 23.0 Å². The molecule has 0 saturated heterocycles. The van der Waals surface area contributed by atoms with Gasteiger partial charge >= 0.3 is 5.97 Å². The van der Waals surface area contributed by atoms with Crippen molar-refractivity contribution < 1.29 is 9.53 Å². The molecule has 2 aromatic carbocycles. The molecule has 2 aromatic rings. The van der Waals surface area contributed by atoms with Crippen LogP contribution in [-0.4, -0.2) is 12.6 Å². The van der Waals surface area contributed by atoms with E-state index in [-0.39, 0.29) is 5.97 Å². The number of nitrogens with zero attached hydrogens (tertiary/aromatic N) is 1. The number of hydrogen-bond acceptors (Lipinski definition) is 5. The molecule has 0 aromatic heterocycles. The molecule has 0 bridgehead atoms. The van der Waals surface area contributed by atoms with Crippen LogP contribution < -0.4 is 16.0 Å². The summed E-state index contributed by atoms with van der Waals surface area (Å²) in [4.78, 5) is 11.8. The van der Waals surface area contributed by atoms with Crippen molar-refractivity contribution in [3.63, 3.8) is 0 Å². The van der Waals surface area contributed by atoms with Gasteiger partial charge in [0.15, 0.2) is 0 Å². The standard InChI is InChI=1S/C15H15N3O2/c1-2-20-15(19)11-8-9-13-14(10-11)18(17-16-13)12-6-4-3-5-7-12/h3-10,16-17H,2H2,1H3. The van der Waals surface area contributed by atoms with Gasteiger partial charge < -0.3 is 10.2 Å². The Morgan fingerprint density at radius 1 is 1.20 bits per heavy atom. The molecule has 0 fully saturated rings. The molecule has 5 nitrogen and oxygen atoms in total. The highest BCUT2D eigenvalue weighted by Gasteiger charge is 2.21. The lowest BCUT2D eigenvalue weighted by molar-refractivity contribution is 0.0526. The van der Waals surface area contributed by atoms with E-state index in [0.29, 0.717) is 12.2 Å². The van der Waals surface area contributed by atoms with E-state index in [1.807, 2.05) is 47.5 Å². The first-order valence-electron chi connectivity index (χ1n) is 6.47. The Morgan fingerprint density at radius 2 is 2.00 bits per heavy atom. The van der Waals surface area contributed by atoms with Gasteiger partial charge in [0.25, 0.3) is 0 Å². The fourth-order valence-electron chi connectivity index (χ4n) is 2.12. The maximum atomic E-state index is 11.8. The zero-order chi connectivity index (χ0) is 13.9. The molecule has 102 valence electrons. The van der Waals surface area contributed by atoms with Crippen molar-refractivity contribution in [3.8, 4) is 0 Å². The smallest absolute Gasteiger partial charge is 0.338 e. The number of carbonyl (C=O) groups excluding carboxylic acids is 1. The first-order chi connectivity index (χ1) is 9.79. The number of esters is 1. The third kappa shape index (κ3) is 2.19. The molecule has 20 heavy (non-hydrogen) atoms. The highest BCUT2D eigenvalue weighted by molar-refractivity contribution is 5.93. The van der Waals surface area contributed by atoms with Crippen molar-refractivity contribution in [1.29, 1.82) is 0 Å². The number of rotatable bonds is 3. The van der Waals surface area contributed by atoms with Gasteiger partial charge in [-0.25, -0.2) is 4.79 Å². The van der Waals surface area contributed by atoms with Crippen LogP contribution in [-0.2, 0) is 4.74 Å². The maximum absolute atomic E-state index is 11.8. The van der Waals surface area contributed by atoms with E-state index in [1.54, 1.807) is 13.0 Å². The van der Waals surface area contributed by atoms with E-state index in [0.717, 1.165) is 17.1 Å². The molecule has 0 radical (unpaired) electrons. The SMILES string of the molecule is CCOC(=O)c1ccc2c(c1)N(c1ccccc1)NN2. The third-order valence-electron chi connectivity index (χ3n) is 3.07. The van der Waals surface area contributed by atoms with Gasteiger partial charge in [0.05, 0.1) is 29.2 Å². The minimum absolute atomic E-state index is 0.310. The number of hydrogen-bond donors (Lipinski definition) is 2. The molecule has 0 atom stereocenters. The van der Waals surface area contributed by atoms with E-state index in [9.17, 15) is 4.79 Å². The molecule has 1 heterocycles. The average molecular weight is 269 g/mol. The van der Waals surface area contributed by atoms with Crippen LogP contribution >= 0.6 is 0 Å². The minimum Gasteiger partial charge on any atom is -0.462 e. The summed E-state index contributed by atoms with van der Waals surface area (Å²) >= 11 is 0. The lowest BCUT2D eigenvalue weighted by Crippen LogP contribution is -2.31. The fourth-order valence-corrected chi connectivity index (χ4v) is 2.12. The number of ether oxygens (including phenoxy) is 1. The Morgan fingerprint density at radius 3 is 2.75 bits per heavy atom. The quantitative estimate of drug-likeness (QED) is 0.839. The van der Waals surface area contributed by atoms with Gasteiger partial charge in [0.2, 0.25) is 0 Å². The number of hydrazine groups is 2. The lowest BCUT2D eigenvalue weighted by Gasteiger charge is -2.18. The van der Waals surface area contributed by atoms with Gasteiger partial charge in [0, 0.05) is 0 Å². The van der Waals surface area contributed by atoms with Crippen LogP contribution in [0.1, 0.15) is 17.3 Å². The van der Waals surface area contributed by atoms with Crippen LogP contribution in [0, 0.1) is 0 Å². The largest absolute Gasteiger partial charge is 0.462 e. The molecule has 0 saturated carbocycles. The van der Waals surface area contributed by atoms with Crippen LogP contribution in [0.4, 0.5) is 17.1 Å². The summed E-state index contributed by atoms with van der Waals surface area (Å²) in [5.41, 5.74) is 9.47. The van der Waals surface area contributed by atoms with Gasteiger partial charge in [-0.15, -0.1) is 5.53 Å². The van der Waals surface area contributed by atoms with E-state index in [1.165, 1.54) is 0 Å². The molecule has 0 amide bonds. The van der Waals surface area contributed by atoms with Crippen LogP contribution in [0.2, 0.25) is 0 Å². The Balaban J connectivity index is 1.96. The highest BCUT2D eigenvalue weighted by atomic mass is 16.5. The highest BCUT2D eigenvalue weighted by Crippen LogP contribution is 2.35. The topological polar surface area (TPSA) is 53.6 Å². The number of para-hydroxylation sites is 1. The molecular weight excluding hydrogens is 254 g/mol. The summed E-state index contributed by atoms with van der Waals surface area (Å²) in [6.45, 7) is 2.17. The number of nitrogens with one attached hydrogen (secondary N) is 2. The average Bonchev–Trinajstić information content (AvgIpc) is 2.91. The van der Waals surface area contributed by atoms with E-state index in [2.05, 4.69) is 11.0 Å². The van der Waals surface area contributed by atoms with Crippen LogP contribution in [0.15, 0.2) is 48.5 Å². The second-order valence-corrected chi connectivity index (χ2v) is 4.36. The van der Waals surface area contributed by atoms with E-state index in [4.69, 9.17) is 4.74 Å². The summed E-state index contributed by atoms with van der Waals surface area (Å²) in [5.74, 6) is -0.310. The normalized spacial score (nSPS) is 12.8. The molecule has 0 unspecified atom stereocenters. The molecular formula is C15H15N3O2. The molecule has 1 aliphatic rings. The van der Waals surface area contributed by atoms with Gasteiger partial charge in [-0.1, -0.05) is 18.2 Å². The lowest BCUT2D eigenvalue weighted by atomic mass is 10.1. The zero-order valence-corrected chi connectivity index (χ0v) is 11.1. The third-order valence-corrected chi connectivity index (χ3v) is 3.07. The Bertz CT molecular complexity index is 628. The molecule has 5 heteroatoms. The van der Waals surface area contributed by atoms with Gasteiger partial charge in [0.1, 0.15) is 0 Å². The monoisotopic (exact) mass is 269 g/mol. The Kier molecular flexibility index (Phi) is 3.26. The Labute approximate surface area is 117 Å². The van der Waals surface area contributed by atoms with Crippen molar-refractivity contribution in [3.05, 3.63) is 54.1 Å². The Hall–Kier alpha value is -2.53. The van der Waals surface area contributed by atoms with Crippen molar-refractivity contribution in [2.24, 2.45) is 0 Å². The summed E-state index contributed by atoms with van der Waals surface area (Å²) in [6.07, 6.45) is 0. The number of benzene rings is 2. The number of fused-ring (bicyclic) bond motifs is 1.